The fourth-order valence-electron chi connectivity index (χ4n) is 5.65. The van der Waals surface area contributed by atoms with E-state index < -0.39 is 0 Å². The summed E-state index contributed by atoms with van der Waals surface area (Å²) in [6.07, 6.45) is 2.83. The maximum atomic E-state index is 6.38. The number of anilines is 1. The number of aryl methyl sites for hydroxylation is 1. The zero-order valence-electron chi connectivity index (χ0n) is 18.7. The third-order valence-corrected chi connectivity index (χ3v) is 8.28. The summed E-state index contributed by atoms with van der Waals surface area (Å²) in [6.45, 7) is 6.47. The molecule has 6 rings (SSSR count). The number of nitrogens with two attached hydrogens (primary N) is 1. The summed E-state index contributed by atoms with van der Waals surface area (Å²) in [5, 5.41) is 5.79. The highest BCUT2D eigenvalue weighted by molar-refractivity contribution is 7.22. The molecular weight excluding hydrogens is 420 g/mol. The molecule has 32 heavy (non-hydrogen) atoms. The molecule has 2 aliphatic heterocycles. The number of rotatable bonds is 4. The molecule has 2 unspecified atom stereocenters. The van der Waals surface area contributed by atoms with Gasteiger partial charge in [-0.1, -0.05) is 6.07 Å². The van der Waals surface area contributed by atoms with Crippen LogP contribution in [0.25, 0.3) is 26.0 Å². The zero-order valence-corrected chi connectivity index (χ0v) is 19.5. The predicted octanol–water partition coefficient (Wildman–Crippen LogP) is 3.65. The highest BCUT2D eigenvalue weighted by atomic mass is 32.1. The number of hydrogen-bond acceptors (Lipinski definition) is 7. The Bertz CT molecular complexity index is 1330. The van der Waals surface area contributed by atoms with Crippen molar-refractivity contribution in [3.8, 4) is 16.2 Å². The molecule has 0 saturated carbocycles. The minimum absolute atomic E-state index is 0.516. The van der Waals surface area contributed by atoms with E-state index in [2.05, 4.69) is 58.1 Å². The first-order valence-corrected chi connectivity index (χ1v) is 12.0. The molecule has 3 aromatic heterocycles. The molecule has 4 aromatic rings. The Hall–Kier alpha value is -2.68. The second-order valence-electron chi connectivity index (χ2n) is 9.26. The molecule has 5 heterocycles. The van der Waals surface area contributed by atoms with E-state index in [1.54, 1.807) is 24.8 Å². The van der Waals surface area contributed by atoms with Crippen molar-refractivity contribution in [3.63, 3.8) is 0 Å². The van der Waals surface area contributed by atoms with E-state index >= 15 is 0 Å². The number of fused-ring (bicyclic) bond motifs is 3. The molecular formula is C24H28N6OS. The van der Waals surface area contributed by atoms with Crippen LogP contribution in [0.1, 0.15) is 17.7 Å². The summed E-state index contributed by atoms with van der Waals surface area (Å²) in [4.78, 5) is 10.5. The van der Waals surface area contributed by atoms with E-state index in [0.29, 0.717) is 11.9 Å². The highest BCUT2D eigenvalue weighted by Crippen LogP contribution is 2.42. The molecule has 0 bridgehead atoms. The Labute approximate surface area is 191 Å². The summed E-state index contributed by atoms with van der Waals surface area (Å²) in [6, 6.07) is 9.42. The average Bonchev–Trinajstić information content (AvgIpc) is 3.51. The summed E-state index contributed by atoms with van der Waals surface area (Å²) >= 11 is 1.74. The molecule has 8 heteroatoms. The molecule has 2 saturated heterocycles. The minimum Gasteiger partial charge on any atom is -0.495 e. The number of methoxy groups -OCH3 is 1. The van der Waals surface area contributed by atoms with E-state index in [4.69, 9.17) is 10.5 Å². The number of hydrogen-bond donors (Lipinski definition) is 1. The molecule has 7 nitrogen and oxygen atoms in total. The van der Waals surface area contributed by atoms with Crippen molar-refractivity contribution in [2.75, 3.05) is 39.5 Å². The van der Waals surface area contributed by atoms with E-state index in [1.807, 2.05) is 4.52 Å². The maximum Gasteiger partial charge on any atom is 0.152 e. The third kappa shape index (κ3) is 3.09. The molecule has 0 amide bonds. The summed E-state index contributed by atoms with van der Waals surface area (Å²) < 4.78 is 8.81. The fraction of sp³-hybridized carbons (Fsp3) is 0.417. The van der Waals surface area contributed by atoms with Crippen LogP contribution in [0.2, 0.25) is 0 Å². The summed E-state index contributed by atoms with van der Waals surface area (Å²) in [5.41, 5.74) is 10.7. The van der Waals surface area contributed by atoms with Gasteiger partial charge in [0.1, 0.15) is 17.6 Å². The van der Waals surface area contributed by atoms with E-state index in [1.165, 1.54) is 29.6 Å². The number of benzene rings is 1. The van der Waals surface area contributed by atoms with Crippen LogP contribution in [0.5, 0.6) is 5.75 Å². The SMILES string of the molecule is COc1cc(C)cc2cc(-c3cc(CN4CCC5CN(C)CC54)n4ncnc(N)c34)sc12. The quantitative estimate of drug-likeness (QED) is 0.514. The van der Waals surface area contributed by atoms with Crippen molar-refractivity contribution in [1.82, 2.24) is 24.4 Å². The zero-order chi connectivity index (χ0) is 22.0. The van der Waals surface area contributed by atoms with Crippen LogP contribution in [0.3, 0.4) is 0 Å². The van der Waals surface area contributed by atoms with Crippen LogP contribution in [-0.4, -0.2) is 64.2 Å². The van der Waals surface area contributed by atoms with Crippen LogP contribution in [0.4, 0.5) is 5.82 Å². The number of nitrogens with zero attached hydrogens (tertiary/aromatic N) is 5. The number of nitrogen functional groups attached to an aromatic ring is 1. The first kappa shape index (κ1) is 20.0. The van der Waals surface area contributed by atoms with Crippen molar-refractivity contribution in [2.24, 2.45) is 5.92 Å². The van der Waals surface area contributed by atoms with Gasteiger partial charge in [0.25, 0.3) is 0 Å². The van der Waals surface area contributed by atoms with Crippen molar-refractivity contribution in [3.05, 3.63) is 41.9 Å². The molecule has 166 valence electrons. The molecule has 0 radical (unpaired) electrons. The number of thiophene rings is 1. The lowest BCUT2D eigenvalue weighted by molar-refractivity contribution is 0.224. The Morgan fingerprint density at radius 1 is 1.22 bits per heavy atom. The lowest BCUT2D eigenvalue weighted by Gasteiger charge is -2.23. The summed E-state index contributed by atoms with van der Waals surface area (Å²) in [7, 11) is 3.96. The second kappa shape index (κ2) is 7.43. The predicted molar refractivity (Wildman–Crippen MR) is 129 cm³/mol. The van der Waals surface area contributed by atoms with Crippen LogP contribution < -0.4 is 10.5 Å². The van der Waals surface area contributed by atoms with Gasteiger partial charge < -0.3 is 15.4 Å². The van der Waals surface area contributed by atoms with Crippen LogP contribution in [-0.2, 0) is 6.54 Å². The monoisotopic (exact) mass is 448 g/mol. The first-order chi connectivity index (χ1) is 15.5. The van der Waals surface area contributed by atoms with Gasteiger partial charge in [-0.2, -0.15) is 5.10 Å². The summed E-state index contributed by atoms with van der Waals surface area (Å²) in [5.74, 6) is 2.21. The Kier molecular flexibility index (Phi) is 4.64. The van der Waals surface area contributed by atoms with Crippen LogP contribution in [0.15, 0.2) is 30.6 Å². The average molecular weight is 449 g/mol. The Balaban J connectivity index is 1.45. The Morgan fingerprint density at radius 3 is 2.94 bits per heavy atom. The smallest absolute Gasteiger partial charge is 0.152 e. The van der Waals surface area contributed by atoms with Gasteiger partial charge in [-0.15, -0.1) is 11.3 Å². The van der Waals surface area contributed by atoms with E-state index in [0.717, 1.165) is 52.0 Å². The maximum absolute atomic E-state index is 6.38. The van der Waals surface area contributed by atoms with Gasteiger partial charge in [0, 0.05) is 36.1 Å². The van der Waals surface area contributed by atoms with Gasteiger partial charge in [0.2, 0.25) is 0 Å². The van der Waals surface area contributed by atoms with Gasteiger partial charge >= 0.3 is 0 Å². The molecule has 1 aromatic carbocycles. The van der Waals surface area contributed by atoms with Crippen molar-refractivity contribution in [2.45, 2.75) is 25.9 Å². The highest BCUT2D eigenvalue weighted by Gasteiger charge is 2.40. The molecule has 2 N–H and O–H groups in total. The van der Waals surface area contributed by atoms with Crippen LogP contribution in [0, 0.1) is 12.8 Å². The number of likely N-dealkylation sites (N-methyl/N-ethyl adjacent to an activating group) is 1. The number of likely N-dealkylation sites (tertiary alicyclic amines) is 2. The molecule has 2 fully saturated rings. The van der Waals surface area contributed by atoms with Crippen molar-refractivity contribution in [1.29, 1.82) is 0 Å². The van der Waals surface area contributed by atoms with Gasteiger partial charge in [-0.3, -0.25) is 4.90 Å². The van der Waals surface area contributed by atoms with Gasteiger partial charge in [0.15, 0.2) is 5.82 Å². The Morgan fingerprint density at radius 2 is 2.09 bits per heavy atom. The van der Waals surface area contributed by atoms with Gasteiger partial charge in [0.05, 0.1) is 17.5 Å². The molecule has 2 aliphatic rings. The molecule has 2 atom stereocenters. The first-order valence-electron chi connectivity index (χ1n) is 11.1. The van der Waals surface area contributed by atoms with E-state index in [-0.39, 0.29) is 0 Å². The van der Waals surface area contributed by atoms with Crippen molar-refractivity contribution >= 4 is 32.8 Å². The second-order valence-corrected chi connectivity index (χ2v) is 10.3. The minimum atomic E-state index is 0.516. The lowest BCUT2D eigenvalue weighted by Crippen LogP contribution is -2.34. The fourth-order valence-corrected chi connectivity index (χ4v) is 6.80. The van der Waals surface area contributed by atoms with Crippen molar-refractivity contribution < 1.29 is 4.74 Å². The number of ether oxygens (including phenoxy) is 1. The molecule has 0 spiro atoms. The van der Waals surface area contributed by atoms with Crippen LogP contribution >= 0.6 is 11.3 Å². The standard InChI is InChI=1S/C24H28N6OS/c1-14-6-16-8-21(32-23(16)20(7-14)31-3)18-9-17(30-22(18)24(25)26-13-27-30)11-29-5-4-15-10-28(2)12-19(15)29/h6-9,13,15,19H,4-5,10-12H2,1-3H3,(H2,25,26,27). The number of aromatic nitrogens is 3. The lowest BCUT2D eigenvalue weighted by atomic mass is 10.1. The van der Waals surface area contributed by atoms with Gasteiger partial charge in [-0.05, 0) is 62.0 Å². The normalized spacial score (nSPS) is 21.7. The van der Waals surface area contributed by atoms with E-state index in [9.17, 15) is 0 Å². The topological polar surface area (TPSA) is 71.9 Å². The third-order valence-electron chi connectivity index (χ3n) is 7.08. The largest absolute Gasteiger partial charge is 0.495 e. The molecule has 0 aliphatic carbocycles. The van der Waals surface area contributed by atoms with Gasteiger partial charge in [-0.25, -0.2) is 9.50 Å².